The third-order valence-electron chi connectivity index (χ3n) is 7.92. The average Bonchev–Trinajstić information content (AvgIpc) is 3.46. The highest BCUT2D eigenvalue weighted by Crippen LogP contribution is 2.51. The van der Waals surface area contributed by atoms with E-state index in [2.05, 4.69) is 34.6 Å². The molecule has 174 valence electrons. The molecule has 7 rings (SSSR count). The van der Waals surface area contributed by atoms with Gasteiger partial charge in [-0.2, -0.15) is 10.4 Å². The Morgan fingerprint density at radius 1 is 1.15 bits per heavy atom. The molecule has 6 nitrogen and oxygen atoms in total. The van der Waals surface area contributed by atoms with Crippen molar-refractivity contribution in [1.29, 1.82) is 5.26 Å². The quantitative estimate of drug-likeness (QED) is 0.534. The van der Waals surface area contributed by atoms with Crippen molar-refractivity contribution >= 4 is 27.3 Å². The number of nitrogens with one attached hydrogen (secondary N) is 1. The monoisotopic (exact) mass is 472 g/mol. The van der Waals surface area contributed by atoms with E-state index in [1.54, 1.807) is 25.6 Å². The molecule has 1 N–H and O–H groups in total. The Morgan fingerprint density at radius 2 is 2.00 bits per heavy atom. The number of hydrazone groups is 1. The fourth-order valence-corrected chi connectivity index (χ4v) is 7.32. The number of rotatable bonds is 5. The van der Waals surface area contributed by atoms with Gasteiger partial charge in [0.1, 0.15) is 23.2 Å². The summed E-state index contributed by atoms with van der Waals surface area (Å²) in [5.41, 5.74) is 5.30. The lowest BCUT2D eigenvalue weighted by molar-refractivity contribution is -0.0332. The summed E-state index contributed by atoms with van der Waals surface area (Å²) < 4.78 is 12.2. The molecule has 3 fully saturated rings. The molecule has 2 bridgehead atoms. The summed E-state index contributed by atoms with van der Waals surface area (Å²) in [6.07, 6.45) is 6.22. The average molecular weight is 473 g/mol. The number of nitriles is 1. The van der Waals surface area contributed by atoms with Crippen LogP contribution in [0.4, 0.5) is 0 Å². The Kier molecular flexibility index (Phi) is 5.14. The van der Waals surface area contributed by atoms with E-state index in [1.807, 2.05) is 24.3 Å². The number of amidine groups is 1. The van der Waals surface area contributed by atoms with E-state index in [1.165, 1.54) is 25.7 Å². The number of nitrogens with zero attached hydrogens (tertiary/aromatic N) is 3. The highest BCUT2D eigenvalue weighted by Gasteiger charge is 2.55. The molecule has 3 aliphatic carbocycles. The van der Waals surface area contributed by atoms with Crippen LogP contribution in [0.5, 0.6) is 11.5 Å². The second-order valence-corrected chi connectivity index (χ2v) is 10.7. The molecular weight excluding hydrogens is 444 g/mol. The molecule has 1 atom stereocenters. The van der Waals surface area contributed by atoms with Crippen LogP contribution in [-0.2, 0) is 6.54 Å². The largest absolute Gasteiger partial charge is 0.497 e. The maximum Gasteiger partial charge on any atom is 0.168 e. The van der Waals surface area contributed by atoms with Crippen LogP contribution in [0.25, 0.3) is 10.1 Å². The predicted octanol–water partition coefficient (Wildman–Crippen LogP) is 5.46. The van der Waals surface area contributed by atoms with Crippen LogP contribution in [0.3, 0.4) is 0 Å². The molecule has 1 aliphatic heterocycles. The van der Waals surface area contributed by atoms with Crippen molar-refractivity contribution in [3.05, 3.63) is 58.5 Å². The number of ether oxygens (including phenoxy) is 2. The molecule has 3 saturated carbocycles. The standard InChI is InChI=1S/C27H28N4O2S/c1-32-22-11-8-20(23(13-22)33-2)16-31-26(24-12-18-4-3-5-19(15-28)25(18)34-24)29-30-27(31)14-17-6-9-21(27)10-7-17/h3-5,8,11-13,17,21,30H,6-7,9-10,14,16H2,1-2H3. The fourth-order valence-electron chi connectivity index (χ4n) is 6.20. The third kappa shape index (κ3) is 3.24. The number of methoxy groups -OCH3 is 2. The van der Waals surface area contributed by atoms with Crippen molar-refractivity contribution in [1.82, 2.24) is 10.3 Å². The highest BCUT2D eigenvalue weighted by atomic mass is 32.1. The van der Waals surface area contributed by atoms with Crippen LogP contribution in [0.15, 0.2) is 47.6 Å². The van der Waals surface area contributed by atoms with E-state index < -0.39 is 0 Å². The van der Waals surface area contributed by atoms with Crippen molar-refractivity contribution in [2.24, 2.45) is 16.9 Å². The maximum atomic E-state index is 9.61. The Labute approximate surface area is 203 Å². The number of benzene rings is 2. The lowest BCUT2D eigenvalue weighted by Crippen LogP contribution is -2.63. The predicted molar refractivity (Wildman–Crippen MR) is 134 cm³/mol. The van der Waals surface area contributed by atoms with E-state index in [-0.39, 0.29) is 5.66 Å². The first kappa shape index (κ1) is 21.3. The van der Waals surface area contributed by atoms with Gasteiger partial charge < -0.3 is 14.4 Å². The first-order valence-electron chi connectivity index (χ1n) is 11.9. The zero-order valence-corrected chi connectivity index (χ0v) is 20.3. The molecule has 0 amide bonds. The Morgan fingerprint density at radius 3 is 2.71 bits per heavy atom. The normalized spacial score (nSPS) is 25.3. The summed E-state index contributed by atoms with van der Waals surface area (Å²) >= 11 is 1.66. The number of thiophene rings is 1. The van der Waals surface area contributed by atoms with E-state index >= 15 is 0 Å². The Hall–Kier alpha value is -3.24. The summed E-state index contributed by atoms with van der Waals surface area (Å²) in [6, 6.07) is 16.5. The van der Waals surface area contributed by atoms with Gasteiger partial charge in [0.15, 0.2) is 5.84 Å². The van der Waals surface area contributed by atoms with Gasteiger partial charge in [0.2, 0.25) is 0 Å². The molecule has 4 aliphatic rings. The van der Waals surface area contributed by atoms with Gasteiger partial charge in [-0.25, -0.2) is 0 Å². The molecule has 2 aromatic carbocycles. The lowest BCUT2D eigenvalue weighted by Gasteiger charge is -2.54. The van der Waals surface area contributed by atoms with E-state index in [0.29, 0.717) is 12.5 Å². The number of hydrogen-bond donors (Lipinski definition) is 1. The third-order valence-corrected chi connectivity index (χ3v) is 9.10. The molecule has 0 saturated heterocycles. The minimum Gasteiger partial charge on any atom is -0.497 e. The van der Waals surface area contributed by atoms with Gasteiger partial charge in [0.05, 0.1) is 35.9 Å². The molecule has 7 heteroatoms. The van der Waals surface area contributed by atoms with Crippen LogP contribution in [-0.4, -0.2) is 30.6 Å². The molecule has 1 aromatic heterocycles. The Bertz CT molecular complexity index is 1320. The Balaban J connectivity index is 1.44. The summed E-state index contributed by atoms with van der Waals surface area (Å²) in [5, 5.41) is 15.7. The van der Waals surface area contributed by atoms with Gasteiger partial charge in [-0.3, -0.25) is 5.43 Å². The summed E-state index contributed by atoms with van der Waals surface area (Å²) in [7, 11) is 3.39. The smallest absolute Gasteiger partial charge is 0.168 e. The zero-order chi connectivity index (χ0) is 23.3. The zero-order valence-electron chi connectivity index (χ0n) is 19.5. The molecule has 3 aromatic rings. The van der Waals surface area contributed by atoms with Crippen LogP contribution in [0, 0.1) is 23.2 Å². The molecule has 2 heterocycles. The highest BCUT2D eigenvalue weighted by molar-refractivity contribution is 7.21. The van der Waals surface area contributed by atoms with Gasteiger partial charge in [-0.15, -0.1) is 11.3 Å². The van der Waals surface area contributed by atoms with Crippen LogP contribution in [0.1, 0.15) is 48.1 Å². The topological polar surface area (TPSA) is 69.9 Å². The van der Waals surface area contributed by atoms with E-state index in [4.69, 9.17) is 14.6 Å². The lowest BCUT2D eigenvalue weighted by atomic mass is 9.64. The van der Waals surface area contributed by atoms with E-state index in [0.717, 1.165) is 55.8 Å². The van der Waals surface area contributed by atoms with Crippen molar-refractivity contribution in [2.45, 2.75) is 44.3 Å². The SMILES string of the molecule is COc1ccc(CN2C(c3cc4cccc(C#N)c4s3)=NNC23CC2CCC3CC2)c(OC)c1. The second-order valence-electron chi connectivity index (χ2n) is 9.60. The minimum atomic E-state index is -0.171. The maximum absolute atomic E-state index is 9.61. The van der Waals surface area contributed by atoms with Gasteiger partial charge >= 0.3 is 0 Å². The van der Waals surface area contributed by atoms with Gasteiger partial charge in [0.25, 0.3) is 0 Å². The molecule has 34 heavy (non-hydrogen) atoms. The molecule has 0 radical (unpaired) electrons. The molecule has 1 spiro atoms. The van der Waals surface area contributed by atoms with Gasteiger partial charge in [0, 0.05) is 17.5 Å². The number of fused-ring (bicyclic) bond motifs is 3. The van der Waals surface area contributed by atoms with Gasteiger partial charge in [-0.1, -0.05) is 12.1 Å². The summed E-state index contributed by atoms with van der Waals surface area (Å²) in [4.78, 5) is 3.58. The van der Waals surface area contributed by atoms with Crippen LogP contribution < -0.4 is 14.9 Å². The first-order chi connectivity index (χ1) is 16.6. The van der Waals surface area contributed by atoms with Crippen LogP contribution >= 0.6 is 11.3 Å². The number of hydrogen-bond acceptors (Lipinski definition) is 7. The van der Waals surface area contributed by atoms with Crippen molar-refractivity contribution in [3.63, 3.8) is 0 Å². The second kappa shape index (κ2) is 8.21. The van der Waals surface area contributed by atoms with Crippen molar-refractivity contribution < 1.29 is 9.47 Å². The first-order valence-corrected chi connectivity index (χ1v) is 12.7. The summed E-state index contributed by atoms with van der Waals surface area (Å²) in [5.74, 6) is 3.88. The molecule has 1 unspecified atom stereocenters. The van der Waals surface area contributed by atoms with E-state index in [9.17, 15) is 5.26 Å². The summed E-state index contributed by atoms with van der Waals surface area (Å²) in [6.45, 7) is 0.696. The van der Waals surface area contributed by atoms with Crippen LogP contribution in [0.2, 0.25) is 0 Å². The van der Waals surface area contributed by atoms with Crippen molar-refractivity contribution in [2.75, 3.05) is 14.2 Å². The van der Waals surface area contributed by atoms with Gasteiger partial charge in [-0.05, 0) is 67.7 Å². The fraction of sp³-hybridized carbons (Fsp3) is 0.407. The van der Waals surface area contributed by atoms with Crippen molar-refractivity contribution in [3.8, 4) is 17.6 Å². The molecular formula is C27H28N4O2S. The minimum absolute atomic E-state index is 0.171.